The number of hydrogen-bond donors (Lipinski definition) is 0. The van der Waals surface area contributed by atoms with Gasteiger partial charge in [-0.3, -0.25) is 0 Å². The van der Waals surface area contributed by atoms with Crippen LogP contribution in [0.15, 0.2) is 42.6 Å². The molecule has 2 rings (SSSR count). The standard InChI is InChI=1S/C13H12ClNO2/c1-16-11-5-2-4-10(8-11)9-17-12-6-3-7-15-13(12)14/h2-8H,9H2,1H3. The molecule has 0 aliphatic carbocycles. The van der Waals surface area contributed by atoms with E-state index in [1.807, 2.05) is 24.3 Å². The van der Waals surface area contributed by atoms with E-state index in [2.05, 4.69) is 4.98 Å². The minimum Gasteiger partial charge on any atom is -0.497 e. The van der Waals surface area contributed by atoms with Crippen LogP contribution in [-0.4, -0.2) is 12.1 Å². The SMILES string of the molecule is COc1cccc(COc2cccnc2Cl)c1. The van der Waals surface area contributed by atoms with Gasteiger partial charge in [0.15, 0.2) is 10.9 Å². The number of aromatic nitrogens is 1. The van der Waals surface area contributed by atoms with E-state index in [4.69, 9.17) is 21.1 Å². The van der Waals surface area contributed by atoms with Crippen LogP contribution in [0.4, 0.5) is 0 Å². The highest BCUT2D eigenvalue weighted by molar-refractivity contribution is 6.30. The van der Waals surface area contributed by atoms with E-state index in [1.54, 1.807) is 25.4 Å². The normalized spacial score (nSPS) is 10.0. The first kappa shape index (κ1) is 11.7. The fraction of sp³-hybridized carbons (Fsp3) is 0.154. The zero-order chi connectivity index (χ0) is 12.1. The summed E-state index contributed by atoms with van der Waals surface area (Å²) in [5.74, 6) is 1.39. The molecule has 0 aliphatic rings. The maximum Gasteiger partial charge on any atom is 0.171 e. The Labute approximate surface area is 105 Å². The molecular weight excluding hydrogens is 238 g/mol. The summed E-state index contributed by atoms with van der Waals surface area (Å²) in [6.45, 7) is 0.433. The van der Waals surface area contributed by atoms with E-state index in [-0.39, 0.29) is 0 Å². The van der Waals surface area contributed by atoms with Gasteiger partial charge in [0.05, 0.1) is 7.11 Å². The third-order valence-corrected chi connectivity index (χ3v) is 2.54. The molecule has 1 heterocycles. The lowest BCUT2D eigenvalue weighted by Crippen LogP contribution is -1.97. The molecule has 3 nitrogen and oxygen atoms in total. The highest BCUT2D eigenvalue weighted by Crippen LogP contribution is 2.22. The lowest BCUT2D eigenvalue weighted by Gasteiger charge is -2.08. The van der Waals surface area contributed by atoms with Gasteiger partial charge in [-0.2, -0.15) is 0 Å². The average Bonchev–Trinajstić information content (AvgIpc) is 2.38. The van der Waals surface area contributed by atoms with Gasteiger partial charge in [-0.05, 0) is 29.8 Å². The second-order valence-electron chi connectivity index (χ2n) is 3.43. The minimum absolute atomic E-state index is 0.371. The van der Waals surface area contributed by atoms with E-state index in [0.29, 0.717) is 17.5 Å². The number of benzene rings is 1. The summed E-state index contributed by atoms with van der Waals surface area (Å²) in [5, 5.41) is 0.371. The highest BCUT2D eigenvalue weighted by atomic mass is 35.5. The predicted octanol–water partition coefficient (Wildman–Crippen LogP) is 3.32. The van der Waals surface area contributed by atoms with Crippen LogP contribution < -0.4 is 9.47 Å². The lowest BCUT2D eigenvalue weighted by atomic mass is 10.2. The molecule has 0 bridgehead atoms. The van der Waals surface area contributed by atoms with Crippen molar-refractivity contribution < 1.29 is 9.47 Å². The van der Waals surface area contributed by atoms with Crippen molar-refractivity contribution in [2.75, 3.05) is 7.11 Å². The fourth-order valence-electron chi connectivity index (χ4n) is 1.40. The van der Waals surface area contributed by atoms with Crippen LogP contribution >= 0.6 is 11.6 Å². The quantitative estimate of drug-likeness (QED) is 0.779. The van der Waals surface area contributed by atoms with Gasteiger partial charge in [-0.25, -0.2) is 4.98 Å². The van der Waals surface area contributed by atoms with Crippen LogP contribution in [0.25, 0.3) is 0 Å². The number of ether oxygens (including phenoxy) is 2. The highest BCUT2D eigenvalue weighted by Gasteiger charge is 2.02. The fourth-order valence-corrected chi connectivity index (χ4v) is 1.58. The Balaban J connectivity index is 2.05. The summed E-state index contributed by atoms with van der Waals surface area (Å²) >= 11 is 5.89. The van der Waals surface area contributed by atoms with Gasteiger partial charge in [0.2, 0.25) is 0 Å². The first-order valence-electron chi connectivity index (χ1n) is 5.16. The summed E-state index contributed by atoms with van der Waals surface area (Å²) in [6, 6.07) is 11.3. The van der Waals surface area contributed by atoms with E-state index >= 15 is 0 Å². The van der Waals surface area contributed by atoms with Crippen molar-refractivity contribution in [3.63, 3.8) is 0 Å². The molecule has 0 unspecified atom stereocenters. The molecule has 4 heteroatoms. The number of halogens is 1. The van der Waals surface area contributed by atoms with Gasteiger partial charge in [0, 0.05) is 6.20 Å². The Morgan fingerprint density at radius 3 is 2.88 bits per heavy atom. The second-order valence-corrected chi connectivity index (χ2v) is 3.79. The molecule has 0 radical (unpaired) electrons. The first-order chi connectivity index (χ1) is 8.29. The predicted molar refractivity (Wildman–Crippen MR) is 66.6 cm³/mol. The Morgan fingerprint density at radius 2 is 2.12 bits per heavy atom. The van der Waals surface area contributed by atoms with E-state index in [9.17, 15) is 0 Å². The molecule has 0 N–H and O–H groups in total. The van der Waals surface area contributed by atoms with Gasteiger partial charge in [-0.1, -0.05) is 23.7 Å². The molecule has 17 heavy (non-hydrogen) atoms. The maximum absolute atomic E-state index is 5.89. The Hall–Kier alpha value is -1.74. The van der Waals surface area contributed by atoms with Crippen LogP contribution in [0, 0.1) is 0 Å². The number of methoxy groups -OCH3 is 1. The van der Waals surface area contributed by atoms with Gasteiger partial charge in [0.1, 0.15) is 12.4 Å². The molecular formula is C13H12ClNO2. The Kier molecular flexibility index (Phi) is 3.83. The van der Waals surface area contributed by atoms with Crippen LogP contribution in [0.1, 0.15) is 5.56 Å². The summed E-state index contributed by atoms with van der Waals surface area (Å²) < 4.78 is 10.7. The minimum atomic E-state index is 0.371. The number of pyridine rings is 1. The topological polar surface area (TPSA) is 31.4 Å². The Bertz CT molecular complexity index is 502. The molecule has 0 amide bonds. The molecule has 88 valence electrons. The number of rotatable bonds is 4. The lowest BCUT2D eigenvalue weighted by molar-refractivity contribution is 0.304. The molecule has 1 aromatic carbocycles. The first-order valence-corrected chi connectivity index (χ1v) is 5.53. The van der Waals surface area contributed by atoms with Crippen LogP contribution in [0.2, 0.25) is 5.15 Å². The summed E-state index contributed by atoms with van der Waals surface area (Å²) in [4.78, 5) is 3.94. The van der Waals surface area contributed by atoms with Crippen LogP contribution in [-0.2, 0) is 6.61 Å². The van der Waals surface area contributed by atoms with Crippen molar-refractivity contribution in [3.05, 3.63) is 53.3 Å². The molecule has 0 aliphatic heterocycles. The third-order valence-electron chi connectivity index (χ3n) is 2.25. The van der Waals surface area contributed by atoms with Crippen molar-refractivity contribution in [1.82, 2.24) is 4.98 Å². The number of nitrogens with zero attached hydrogens (tertiary/aromatic N) is 1. The second kappa shape index (κ2) is 5.55. The van der Waals surface area contributed by atoms with E-state index in [1.165, 1.54) is 0 Å². The van der Waals surface area contributed by atoms with Crippen molar-refractivity contribution >= 4 is 11.6 Å². The van der Waals surface area contributed by atoms with E-state index < -0.39 is 0 Å². The molecule has 0 spiro atoms. The smallest absolute Gasteiger partial charge is 0.171 e. The van der Waals surface area contributed by atoms with Gasteiger partial charge >= 0.3 is 0 Å². The molecule has 0 saturated heterocycles. The largest absolute Gasteiger partial charge is 0.497 e. The monoisotopic (exact) mass is 249 g/mol. The van der Waals surface area contributed by atoms with Crippen molar-refractivity contribution in [2.24, 2.45) is 0 Å². The molecule has 0 saturated carbocycles. The average molecular weight is 250 g/mol. The van der Waals surface area contributed by atoms with Gasteiger partial charge < -0.3 is 9.47 Å². The summed E-state index contributed by atoms with van der Waals surface area (Å²) in [5.41, 5.74) is 1.02. The van der Waals surface area contributed by atoms with Crippen LogP contribution in [0.3, 0.4) is 0 Å². The van der Waals surface area contributed by atoms with Crippen molar-refractivity contribution in [2.45, 2.75) is 6.61 Å². The summed E-state index contributed by atoms with van der Waals surface area (Å²) in [6.07, 6.45) is 1.63. The van der Waals surface area contributed by atoms with Crippen molar-refractivity contribution in [3.8, 4) is 11.5 Å². The molecule has 0 fully saturated rings. The summed E-state index contributed by atoms with van der Waals surface area (Å²) in [7, 11) is 1.64. The van der Waals surface area contributed by atoms with Gasteiger partial charge in [0.25, 0.3) is 0 Å². The Morgan fingerprint density at radius 1 is 1.24 bits per heavy atom. The number of hydrogen-bond acceptors (Lipinski definition) is 3. The van der Waals surface area contributed by atoms with Crippen molar-refractivity contribution in [1.29, 1.82) is 0 Å². The van der Waals surface area contributed by atoms with Crippen LogP contribution in [0.5, 0.6) is 11.5 Å². The van der Waals surface area contributed by atoms with Gasteiger partial charge in [-0.15, -0.1) is 0 Å². The zero-order valence-corrected chi connectivity index (χ0v) is 10.1. The molecule has 0 atom stereocenters. The zero-order valence-electron chi connectivity index (χ0n) is 9.39. The molecule has 1 aromatic heterocycles. The van der Waals surface area contributed by atoms with E-state index in [0.717, 1.165) is 11.3 Å². The maximum atomic E-state index is 5.89. The molecule has 2 aromatic rings. The third kappa shape index (κ3) is 3.11.